The van der Waals surface area contributed by atoms with Crippen molar-refractivity contribution in [1.29, 1.82) is 0 Å². The number of hydrogen-bond donors (Lipinski definition) is 0. The molecule has 1 aliphatic heterocycles. The molecule has 0 aliphatic carbocycles. The third-order valence-corrected chi connectivity index (χ3v) is 4.93. The van der Waals surface area contributed by atoms with Gasteiger partial charge in [0, 0.05) is 42.5 Å². The number of non-ortho nitro benzene ring substituents is 1. The van der Waals surface area contributed by atoms with E-state index >= 15 is 0 Å². The van der Waals surface area contributed by atoms with Crippen LogP contribution < -0.4 is 0 Å². The highest BCUT2D eigenvalue weighted by Gasteiger charge is 2.26. The second kappa shape index (κ2) is 6.64. The van der Waals surface area contributed by atoms with Crippen molar-refractivity contribution in [2.75, 3.05) is 11.6 Å². The van der Waals surface area contributed by atoms with Gasteiger partial charge in [0.1, 0.15) is 5.15 Å². The predicted molar refractivity (Wildman–Crippen MR) is 88.0 cm³/mol. The lowest BCUT2D eigenvalue weighted by Gasteiger charge is -2.23. The number of hydrogen-bond acceptors (Lipinski definition) is 5. The number of pyridine rings is 1. The first-order valence-electron chi connectivity index (χ1n) is 6.80. The Bertz CT molecular complexity index is 663. The summed E-state index contributed by atoms with van der Waals surface area (Å²) in [7, 11) is 0. The molecule has 1 saturated heterocycles. The van der Waals surface area contributed by atoms with Gasteiger partial charge in [0.05, 0.1) is 4.92 Å². The van der Waals surface area contributed by atoms with Crippen LogP contribution in [0.5, 0.6) is 0 Å². The maximum absolute atomic E-state index is 10.7. The van der Waals surface area contributed by atoms with Crippen molar-refractivity contribution in [2.45, 2.75) is 12.6 Å². The predicted octanol–water partition coefficient (Wildman–Crippen LogP) is 3.89. The molecule has 0 radical (unpaired) electrons. The minimum atomic E-state index is -0.371. The Morgan fingerprint density at radius 2 is 2.09 bits per heavy atom. The first-order chi connectivity index (χ1) is 10.6. The van der Waals surface area contributed by atoms with Gasteiger partial charge in [0.2, 0.25) is 0 Å². The molecular weight excluding hydrogens is 322 g/mol. The van der Waals surface area contributed by atoms with E-state index in [1.54, 1.807) is 24.4 Å². The van der Waals surface area contributed by atoms with Crippen LogP contribution in [0.15, 0.2) is 42.6 Å². The lowest BCUT2D eigenvalue weighted by atomic mass is 10.1. The van der Waals surface area contributed by atoms with Gasteiger partial charge in [-0.2, -0.15) is 0 Å². The molecule has 22 heavy (non-hydrogen) atoms. The second-order valence-electron chi connectivity index (χ2n) is 5.10. The SMILES string of the molecule is O=[N+]([O-])c1ccc(C2CSCN2Cc2ccc(Cl)nc2)cc1. The van der Waals surface area contributed by atoms with E-state index in [0.717, 1.165) is 29.3 Å². The summed E-state index contributed by atoms with van der Waals surface area (Å²) in [6.45, 7) is 0.790. The molecule has 2 heterocycles. The van der Waals surface area contributed by atoms with Crippen LogP contribution >= 0.6 is 23.4 Å². The molecule has 0 spiro atoms. The van der Waals surface area contributed by atoms with E-state index in [1.807, 2.05) is 30.0 Å². The van der Waals surface area contributed by atoms with Gasteiger partial charge in [-0.05, 0) is 17.2 Å². The van der Waals surface area contributed by atoms with Crippen molar-refractivity contribution in [2.24, 2.45) is 0 Å². The molecule has 0 amide bonds. The maximum atomic E-state index is 10.7. The largest absolute Gasteiger partial charge is 0.282 e. The van der Waals surface area contributed by atoms with Gasteiger partial charge in [-0.1, -0.05) is 29.8 Å². The van der Waals surface area contributed by atoms with E-state index in [9.17, 15) is 10.1 Å². The zero-order chi connectivity index (χ0) is 15.5. The maximum Gasteiger partial charge on any atom is 0.269 e. The van der Waals surface area contributed by atoms with E-state index in [2.05, 4.69) is 9.88 Å². The molecule has 0 saturated carbocycles. The summed E-state index contributed by atoms with van der Waals surface area (Å²) in [5, 5.41) is 11.2. The molecule has 3 rings (SSSR count). The molecule has 0 bridgehead atoms. The first kappa shape index (κ1) is 15.3. The minimum absolute atomic E-state index is 0.128. The fourth-order valence-electron chi connectivity index (χ4n) is 2.49. The van der Waals surface area contributed by atoms with Crippen LogP contribution in [-0.4, -0.2) is 26.4 Å². The number of benzene rings is 1. The topological polar surface area (TPSA) is 59.3 Å². The summed E-state index contributed by atoms with van der Waals surface area (Å²) in [6, 6.07) is 10.9. The van der Waals surface area contributed by atoms with Crippen molar-refractivity contribution in [3.05, 3.63) is 69.0 Å². The van der Waals surface area contributed by atoms with Gasteiger partial charge in [0.15, 0.2) is 0 Å². The summed E-state index contributed by atoms with van der Waals surface area (Å²) in [5.41, 5.74) is 2.35. The van der Waals surface area contributed by atoms with Crippen LogP contribution in [0.4, 0.5) is 5.69 Å². The summed E-state index contributed by atoms with van der Waals surface area (Å²) >= 11 is 7.67. The fourth-order valence-corrected chi connectivity index (χ4v) is 3.84. The highest BCUT2D eigenvalue weighted by atomic mass is 35.5. The molecule has 1 fully saturated rings. The van der Waals surface area contributed by atoms with E-state index in [4.69, 9.17) is 11.6 Å². The average Bonchev–Trinajstić information content (AvgIpc) is 2.98. The Hall–Kier alpha value is -1.63. The van der Waals surface area contributed by atoms with Crippen LogP contribution in [-0.2, 0) is 6.54 Å². The first-order valence-corrected chi connectivity index (χ1v) is 8.33. The van der Waals surface area contributed by atoms with Crippen molar-refractivity contribution in [3.63, 3.8) is 0 Å². The zero-order valence-corrected chi connectivity index (χ0v) is 13.3. The average molecular weight is 336 g/mol. The van der Waals surface area contributed by atoms with E-state index in [-0.39, 0.29) is 16.7 Å². The molecule has 1 aliphatic rings. The molecule has 1 aromatic heterocycles. The number of nitrogens with zero attached hydrogens (tertiary/aromatic N) is 3. The Balaban J connectivity index is 1.75. The molecular formula is C15H14ClN3O2S. The number of nitro benzene ring substituents is 1. The third-order valence-electron chi connectivity index (χ3n) is 3.64. The number of thioether (sulfide) groups is 1. The van der Waals surface area contributed by atoms with Gasteiger partial charge in [-0.15, -0.1) is 11.8 Å². The lowest BCUT2D eigenvalue weighted by molar-refractivity contribution is -0.384. The van der Waals surface area contributed by atoms with Crippen molar-refractivity contribution in [3.8, 4) is 0 Å². The Kier molecular flexibility index (Phi) is 4.61. The fraction of sp³-hybridized carbons (Fsp3) is 0.267. The Morgan fingerprint density at radius 3 is 2.73 bits per heavy atom. The third kappa shape index (κ3) is 3.40. The second-order valence-corrected chi connectivity index (χ2v) is 6.49. The zero-order valence-electron chi connectivity index (χ0n) is 11.7. The molecule has 2 aromatic rings. The van der Waals surface area contributed by atoms with E-state index < -0.39 is 0 Å². The molecule has 7 heteroatoms. The normalized spacial score (nSPS) is 18.5. The highest BCUT2D eigenvalue weighted by Crippen LogP contribution is 2.34. The molecule has 1 unspecified atom stereocenters. The number of aromatic nitrogens is 1. The van der Waals surface area contributed by atoms with Gasteiger partial charge >= 0.3 is 0 Å². The minimum Gasteiger partial charge on any atom is -0.282 e. The van der Waals surface area contributed by atoms with Crippen molar-refractivity contribution in [1.82, 2.24) is 9.88 Å². The smallest absolute Gasteiger partial charge is 0.269 e. The van der Waals surface area contributed by atoms with Gasteiger partial charge in [-0.25, -0.2) is 4.98 Å². The monoisotopic (exact) mass is 335 g/mol. The van der Waals surface area contributed by atoms with Crippen LogP contribution in [0, 0.1) is 10.1 Å². The molecule has 1 aromatic carbocycles. The molecule has 114 valence electrons. The quantitative estimate of drug-likeness (QED) is 0.482. The van der Waals surface area contributed by atoms with Gasteiger partial charge in [0.25, 0.3) is 5.69 Å². The molecule has 0 N–H and O–H groups in total. The number of rotatable bonds is 4. The summed E-state index contributed by atoms with van der Waals surface area (Å²) in [4.78, 5) is 16.8. The van der Waals surface area contributed by atoms with E-state index in [1.165, 1.54) is 0 Å². The summed E-state index contributed by atoms with van der Waals surface area (Å²) in [6.07, 6.45) is 1.79. The Morgan fingerprint density at radius 1 is 1.32 bits per heavy atom. The van der Waals surface area contributed by atoms with Crippen LogP contribution in [0.2, 0.25) is 5.15 Å². The highest BCUT2D eigenvalue weighted by molar-refractivity contribution is 7.99. The van der Waals surface area contributed by atoms with E-state index in [0.29, 0.717) is 5.15 Å². The number of nitro groups is 1. The van der Waals surface area contributed by atoms with Crippen LogP contribution in [0.1, 0.15) is 17.2 Å². The van der Waals surface area contributed by atoms with Gasteiger partial charge in [-0.3, -0.25) is 15.0 Å². The standard InChI is InChI=1S/C15H14ClN3O2S/c16-15-6-1-11(7-17-15)8-18-10-22-9-14(18)12-2-4-13(5-3-12)19(20)21/h1-7,14H,8-10H2. The van der Waals surface area contributed by atoms with Gasteiger partial charge < -0.3 is 0 Å². The summed E-state index contributed by atoms with van der Waals surface area (Å²) < 4.78 is 0. The molecule has 1 atom stereocenters. The Labute approximate surface area is 137 Å². The van der Waals surface area contributed by atoms with Crippen molar-refractivity contribution >= 4 is 29.1 Å². The lowest BCUT2D eigenvalue weighted by Crippen LogP contribution is -2.23. The summed E-state index contributed by atoms with van der Waals surface area (Å²) in [5.74, 6) is 1.92. The molecule has 5 nitrogen and oxygen atoms in total. The van der Waals surface area contributed by atoms with Crippen LogP contribution in [0.25, 0.3) is 0 Å². The van der Waals surface area contributed by atoms with Crippen LogP contribution in [0.3, 0.4) is 0 Å². The van der Waals surface area contributed by atoms with Crippen molar-refractivity contribution < 1.29 is 4.92 Å². The number of halogens is 1.